The molecule has 1 amide bonds. The summed E-state index contributed by atoms with van der Waals surface area (Å²) in [6, 6.07) is 14.7. The van der Waals surface area contributed by atoms with Crippen molar-refractivity contribution in [3.8, 4) is 12.1 Å². The Balaban J connectivity index is 1.34. The maximum absolute atomic E-state index is 12.5. The fourth-order valence-corrected chi connectivity index (χ4v) is 6.89. The summed E-state index contributed by atoms with van der Waals surface area (Å²) < 4.78 is 6.37. The first kappa shape index (κ1) is 29.2. The molecule has 3 heterocycles. The number of rotatable bonds is 9. The summed E-state index contributed by atoms with van der Waals surface area (Å²) >= 11 is 6.70. The van der Waals surface area contributed by atoms with E-state index in [1.807, 2.05) is 12.1 Å². The van der Waals surface area contributed by atoms with Crippen LogP contribution in [0.4, 0.5) is 11.5 Å². The topological polar surface area (TPSA) is 88.8 Å². The Morgan fingerprint density at radius 3 is 2.70 bits per heavy atom. The highest BCUT2D eigenvalue weighted by molar-refractivity contribution is 6.36. The number of nitrogens with zero attached hydrogens (tertiary/aromatic N) is 7. The molecule has 43 heavy (non-hydrogen) atoms. The Morgan fingerprint density at radius 2 is 1.98 bits per heavy atom. The van der Waals surface area contributed by atoms with E-state index in [0.29, 0.717) is 38.8 Å². The van der Waals surface area contributed by atoms with Crippen molar-refractivity contribution in [1.82, 2.24) is 19.8 Å². The van der Waals surface area contributed by atoms with Crippen molar-refractivity contribution in [1.29, 1.82) is 5.26 Å². The molecule has 0 radical (unpaired) electrons. The molecule has 2 fully saturated rings. The van der Waals surface area contributed by atoms with Crippen molar-refractivity contribution in [2.24, 2.45) is 5.41 Å². The Morgan fingerprint density at radius 1 is 1.19 bits per heavy atom. The van der Waals surface area contributed by atoms with Crippen molar-refractivity contribution in [3.63, 3.8) is 0 Å². The predicted molar refractivity (Wildman–Crippen MR) is 170 cm³/mol. The molecule has 1 saturated heterocycles. The largest absolute Gasteiger partial charge is 0.463 e. The highest BCUT2D eigenvalue weighted by Gasteiger charge is 2.44. The molecular formula is C33H38ClN7O2. The van der Waals surface area contributed by atoms with E-state index in [1.165, 1.54) is 6.08 Å². The number of benzene rings is 2. The second-order valence-corrected chi connectivity index (χ2v) is 12.7. The van der Waals surface area contributed by atoms with Crippen LogP contribution in [0.15, 0.2) is 49.1 Å². The van der Waals surface area contributed by atoms with Gasteiger partial charge in [-0.05, 0) is 57.0 Å². The van der Waals surface area contributed by atoms with E-state index in [9.17, 15) is 10.1 Å². The van der Waals surface area contributed by atoms with Crippen molar-refractivity contribution < 1.29 is 9.53 Å². The summed E-state index contributed by atoms with van der Waals surface area (Å²) in [6.45, 7) is 8.21. The number of carbonyl (C=O) groups excluding carboxylic acids is 1. The van der Waals surface area contributed by atoms with E-state index in [-0.39, 0.29) is 23.8 Å². The first-order valence-electron chi connectivity index (χ1n) is 15.0. The van der Waals surface area contributed by atoms with Crippen molar-refractivity contribution in [2.45, 2.75) is 38.3 Å². The van der Waals surface area contributed by atoms with Crippen LogP contribution < -0.4 is 14.5 Å². The molecule has 1 unspecified atom stereocenters. The van der Waals surface area contributed by atoms with Gasteiger partial charge >= 0.3 is 6.01 Å². The van der Waals surface area contributed by atoms with Gasteiger partial charge in [0.15, 0.2) is 0 Å². The third-order valence-corrected chi connectivity index (χ3v) is 9.19. The van der Waals surface area contributed by atoms with Gasteiger partial charge in [0.05, 0.1) is 42.4 Å². The van der Waals surface area contributed by atoms with E-state index in [1.54, 1.807) is 4.90 Å². The standard InChI is InChI=1S/C33H38ClN7O2/c1-4-29(42)41-18-17-40(19-24(41)11-15-35)31-25-12-16-39(28-10-6-8-23-7-5-9-26(34)30(23)28)20-27(25)36-32(37-31)43-22-33(13-14-33)21-38(2)3/h4-10,24H,1,11-14,16-22H2,2-3H3. The predicted octanol–water partition coefficient (Wildman–Crippen LogP) is 4.68. The highest BCUT2D eigenvalue weighted by Crippen LogP contribution is 2.46. The van der Waals surface area contributed by atoms with E-state index < -0.39 is 0 Å². The third-order valence-electron chi connectivity index (χ3n) is 8.88. The fraction of sp³-hybridized carbons (Fsp3) is 0.455. The molecule has 9 nitrogen and oxygen atoms in total. The minimum absolute atomic E-state index is 0.142. The normalized spacial score (nSPS) is 19.2. The van der Waals surface area contributed by atoms with E-state index in [4.69, 9.17) is 26.3 Å². The number of carbonyl (C=O) groups is 1. The van der Waals surface area contributed by atoms with Gasteiger partial charge in [-0.3, -0.25) is 4.79 Å². The smallest absolute Gasteiger partial charge is 0.318 e. The fourth-order valence-electron chi connectivity index (χ4n) is 6.61. The molecule has 1 atom stereocenters. The lowest BCUT2D eigenvalue weighted by Crippen LogP contribution is -2.55. The maximum atomic E-state index is 12.5. The Bertz CT molecular complexity index is 1580. The van der Waals surface area contributed by atoms with Gasteiger partial charge in [-0.15, -0.1) is 0 Å². The summed E-state index contributed by atoms with van der Waals surface area (Å²) in [6.07, 6.45) is 4.59. The number of fused-ring (bicyclic) bond motifs is 2. The first-order valence-corrected chi connectivity index (χ1v) is 15.3. The summed E-state index contributed by atoms with van der Waals surface area (Å²) in [5.74, 6) is 0.704. The van der Waals surface area contributed by atoms with Crippen LogP contribution in [0.1, 0.15) is 30.5 Å². The summed E-state index contributed by atoms with van der Waals surface area (Å²) in [5.41, 5.74) is 3.27. The molecule has 2 aromatic carbocycles. The first-order chi connectivity index (χ1) is 20.8. The SMILES string of the molecule is C=CC(=O)N1CCN(c2nc(OCC3(CN(C)C)CC3)nc3c2CCN(c2cccc4cccc(Cl)c24)C3)CC1CC#N. The Hall–Kier alpha value is -3.87. The van der Waals surface area contributed by atoms with Crippen LogP contribution in [-0.2, 0) is 17.8 Å². The highest BCUT2D eigenvalue weighted by atomic mass is 35.5. The molecule has 0 N–H and O–H groups in total. The van der Waals surface area contributed by atoms with Crippen LogP contribution in [0.5, 0.6) is 6.01 Å². The van der Waals surface area contributed by atoms with Crippen LogP contribution >= 0.6 is 11.6 Å². The van der Waals surface area contributed by atoms with Crippen molar-refractivity contribution in [3.05, 3.63) is 65.3 Å². The molecule has 10 heteroatoms. The lowest BCUT2D eigenvalue weighted by Gasteiger charge is -2.42. The minimum atomic E-state index is -0.244. The second-order valence-electron chi connectivity index (χ2n) is 12.3. The lowest BCUT2D eigenvalue weighted by atomic mass is 10.0. The van der Waals surface area contributed by atoms with Crippen LogP contribution in [0.3, 0.4) is 0 Å². The number of amides is 1. The second kappa shape index (κ2) is 12.0. The van der Waals surface area contributed by atoms with Gasteiger partial charge in [-0.25, -0.2) is 0 Å². The average molecular weight is 600 g/mol. The number of piperazine rings is 1. The number of hydrogen-bond donors (Lipinski definition) is 0. The summed E-state index contributed by atoms with van der Waals surface area (Å²) in [5, 5.41) is 12.4. The monoisotopic (exact) mass is 599 g/mol. The van der Waals surface area contributed by atoms with Gasteiger partial charge in [-0.2, -0.15) is 15.2 Å². The van der Waals surface area contributed by atoms with E-state index in [2.05, 4.69) is 65.7 Å². The molecule has 6 rings (SSSR count). The average Bonchev–Trinajstić information content (AvgIpc) is 3.77. The number of hydrogen-bond acceptors (Lipinski definition) is 8. The van der Waals surface area contributed by atoms with Crippen molar-refractivity contribution in [2.75, 3.05) is 63.2 Å². The minimum Gasteiger partial charge on any atom is -0.463 e. The van der Waals surface area contributed by atoms with E-state index in [0.717, 1.165) is 70.9 Å². The van der Waals surface area contributed by atoms with Crippen LogP contribution in [0, 0.1) is 16.7 Å². The van der Waals surface area contributed by atoms with Gasteiger partial charge in [0, 0.05) is 54.8 Å². The molecule has 224 valence electrons. The molecular weight excluding hydrogens is 562 g/mol. The lowest BCUT2D eigenvalue weighted by molar-refractivity contribution is -0.128. The number of halogens is 1. The van der Waals surface area contributed by atoms with Gasteiger partial charge in [0.25, 0.3) is 0 Å². The molecule has 3 aromatic rings. The zero-order valence-electron chi connectivity index (χ0n) is 24.9. The molecule has 0 bridgehead atoms. The molecule has 1 saturated carbocycles. The van der Waals surface area contributed by atoms with E-state index >= 15 is 0 Å². The zero-order chi connectivity index (χ0) is 30.1. The zero-order valence-corrected chi connectivity index (χ0v) is 25.7. The Kier molecular flexibility index (Phi) is 8.17. The number of nitriles is 1. The summed E-state index contributed by atoms with van der Waals surface area (Å²) in [7, 11) is 4.19. The quantitative estimate of drug-likeness (QED) is 0.328. The third kappa shape index (κ3) is 5.99. The molecule has 1 aromatic heterocycles. The van der Waals surface area contributed by atoms with Crippen LogP contribution in [0.2, 0.25) is 5.02 Å². The molecule has 3 aliphatic rings. The number of aromatic nitrogens is 2. The maximum Gasteiger partial charge on any atom is 0.318 e. The Labute approximate surface area is 258 Å². The van der Waals surface area contributed by atoms with Crippen LogP contribution in [0.25, 0.3) is 10.8 Å². The van der Waals surface area contributed by atoms with Crippen molar-refractivity contribution >= 4 is 39.8 Å². The molecule has 0 spiro atoms. The molecule has 1 aliphatic carbocycles. The number of anilines is 2. The summed E-state index contributed by atoms with van der Waals surface area (Å²) in [4.78, 5) is 31.0. The van der Waals surface area contributed by atoms with Crippen LogP contribution in [-0.4, -0.2) is 85.1 Å². The van der Waals surface area contributed by atoms with Gasteiger partial charge in [-0.1, -0.05) is 42.4 Å². The van der Waals surface area contributed by atoms with Gasteiger partial charge in [0.2, 0.25) is 5.91 Å². The van der Waals surface area contributed by atoms with Gasteiger partial charge < -0.3 is 24.3 Å². The number of ether oxygens (including phenoxy) is 1. The van der Waals surface area contributed by atoms with Gasteiger partial charge in [0.1, 0.15) is 5.82 Å². The molecule has 2 aliphatic heterocycles.